The molecule has 0 atom stereocenters. The SMILES string of the molecule is CC1(C)c2ccccc2-c2c1ccc1c2c2ccc(-c3ccccc3Nc3ccccc3)c3c2n1-c1ccccc1B3. The number of rotatable bonds is 3. The highest BCUT2D eigenvalue weighted by molar-refractivity contribution is 6.73. The average molecular weight is 536 g/mol. The van der Waals surface area contributed by atoms with Crippen molar-refractivity contribution in [3.05, 3.63) is 139 Å². The molecule has 2 aliphatic rings. The first-order valence-corrected chi connectivity index (χ1v) is 14.8. The lowest BCUT2D eigenvalue weighted by molar-refractivity contribution is 0.661. The molecule has 1 N–H and O–H groups in total. The minimum atomic E-state index is -0.0303. The Balaban J connectivity index is 1.38. The van der Waals surface area contributed by atoms with Crippen LogP contribution in [0.3, 0.4) is 0 Å². The van der Waals surface area contributed by atoms with E-state index in [0.29, 0.717) is 0 Å². The molecule has 0 fully saturated rings. The van der Waals surface area contributed by atoms with Crippen molar-refractivity contribution in [3.8, 4) is 27.9 Å². The van der Waals surface area contributed by atoms with Gasteiger partial charge in [-0.15, -0.1) is 0 Å². The van der Waals surface area contributed by atoms with Gasteiger partial charge in [-0.05, 0) is 63.6 Å². The molecule has 0 radical (unpaired) electrons. The van der Waals surface area contributed by atoms with Crippen molar-refractivity contribution < 1.29 is 0 Å². The summed E-state index contributed by atoms with van der Waals surface area (Å²) in [5.41, 5.74) is 17.0. The van der Waals surface area contributed by atoms with E-state index in [9.17, 15) is 0 Å². The lowest BCUT2D eigenvalue weighted by Crippen LogP contribution is -2.37. The smallest absolute Gasteiger partial charge is 0.198 e. The van der Waals surface area contributed by atoms with Crippen LogP contribution in [0.15, 0.2) is 127 Å². The number of fused-ring (bicyclic) bond motifs is 9. The molecule has 9 rings (SSSR count). The molecule has 1 aliphatic heterocycles. The van der Waals surface area contributed by atoms with E-state index in [1.807, 2.05) is 0 Å². The van der Waals surface area contributed by atoms with Gasteiger partial charge in [-0.25, -0.2) is 0 Å². The lowest BCUT2D eigenvalue weighted by Gasteiger charge is -2.23. The topological polar surface area (TPSA) is 17.0 Å². The third-order valence-corrected chi connectivity index (χ3v) is 9.61. The van der Waals surface area contributed by atoms with Gasteiger partial charge in [0.2, 0.25) is 0 Å². The maximum atomic E-state index is 3.70. The summed E-state index contributed by atoms with van der Waals surface area (Å²) in [7, 11) is 0.906. The zero-order chi connectivity index (χ0) is 28.0. The summed E-state index contributed by atoms with van der Waals surface area (Å²) in [5, 5.41) is 6.42. The fraction of sp³-hybridized carbons (Fsp3) is 0.0769. The van der Waals surface area contributed by atoms with Gasteiger partial charge in [0.15, 0.2) is 7.28 Å². The summed E-state index contributed by atoms with van der Waals surface area (Å²) in [4.78, 5) is 0. The van der Waals surface area contributed by atoms with Crippen molar-refractivity contribution in [2.45, 2.75) is 19.3 Å². The highest BCUT2D eigenvalue weighted by Gasteiger charge is 2.38. The van der Waals surface area contributed by atoms with Gasteiger partial charge in [0.25, 0.3) is 0 Å². The third-order valence-electron chi connectivity index (χ3n) is 9.61. The maximum Gasteiger partial charge on any atom is 0.198 e. The van der Waals surface area contributed by atoms with Crippen molar-refractivity contribution in [1.82, 2.24) is 4.57 Å². The van der Waals surface area contributed by atoms with Crippen molar-refractivity contribution in [2.75, 3.05) is 5.32 Å². The van der Waals surface area contributed by atoms with Crippen LogP contribution in [0.2, 0.25) is 0 Å². The van der Waals surface area contributed by atoms with Crippen LogP contribution in [0.25, 0.3) is 49.7 Å². The number of nitrogens with one attached hydrogen (secondary N) is 1. The van der Waals surface area contributed by atoms with Gasteiger partial charge in [0, 0.05) is 44.3 Å². The summed E-state index contributed by atoms with van der Waals surface area (Å²) in [5.74, 6) is 0. The molecule has 2 nitrogen and oxygen atoms in total. The zero-order valence-corrected chi connectivity index (χ0v) is 23.8. The van der Waals surface area contributed by atoms with E-state index in [1.54, 1.807) is 0 Å². The number of benzene rings is 6. The van der Waals surface area contributed by atoms with Crippen LogP contribution in [0, 0.1) is 0 Å². The fourth-order valence-corrected chi connectivity index (χ4v) is 7.71. The highest BCUT2D eigenvalue weighted by Crippen LogP contribution is 2.53. The summed E-state index contributed by atoms with van der Waals surface area (Å²) >= 11 is 0. The standard InChI is InChI=1S/C39H29BN2/c1-39(2)29-16-8-6-15-27(29)35-30(39)22-23-34-36(35)28-21-20-26(37-38(28)42(34)33-19-11-9-17-31(33)40-37)25-14-7-10-18-32(25)41-24-12-4-3-5-13-24/h3-23,40-41H,1-2H3. The molecule has 0 amide bonds. The van der Waals surface area contributed by atoms with E-state index in [2.05, 4.69) is 151 Å². The van der Waals surface area contributed by atoms with Crippen LogP contribution in [-0.4, -0.2) is 11.8 Å². The zero-order valence-electron chi connectivity index (χ0n) is 23.8. The first-order chi connectivity index (χ1) is 20.6. The molecule has 0 saturated carbocycles. The second kappa shape index (κ2) is 8.50. The molecule has 0 spiro atoms. The predicted molar refractivity (Wildman–Crippen MR) is 180 cm³/mol. The van der Waals surface area contributed by atoms with E-state index >= 15 is 0 Å². The Morgan fingerprint density at radius 3 is 2.24 bits per heavy atom. The second-order valence-corrected chi connectivity index (χ2v) is 12.2. The molecule has 0 saturated heterocycles. The van der Waals surface area contributed by atoms with Crippen LogP contribution in [0.1, 0.15) is 25.0 Å². The van der Waals surface area contributed by atoms with Crippen LogP contribution < -0.4 is 16.2 Å². The van der Waals surface area contributed by atoms with Crippen LogP contribution in [0.4, 0.5) is 11.4 Å². The van der Waals surface area contributed by atoms with Gasteiger partial charge >= 0.3 is 0 Å². The van der Waals surface area contributed by atoms with Gasteiger partial charge in [-0.1, -0.05) is 116 Å². The average Bonchev–Trinajstić information content (AvgIpc) is 3.49. The molecule has 2 heterocycles. The molecule has 1 aliphatic carbocycles. The van der Waals surface area contributed by atoms with Gasteiger partial charge in [0.1, 0.15) is 0 Å². The lowest BCUT2D eigenvalue weighted by atomic mass is 9.59. The van der Waals surface area contributed by atoms with Crippen LogP contribution >= 0.6 is 0 Å². The molecule has 0 unspecified atom stereocenters. The Bertz CT molecular complexity index is 2220. The quantitative estimate of drug-likeness (QED) is 0.225. The molecule has 198 valence electrons. The van der Waals surface area contributed by atoms with Crippen molar-refractivity contribution in [3.63, 3.8) is 0 Å². The molecule has 1 aromatic heterocycles. The molecule has 6 aromatic carbocycles. The van der Waals surface area contributed by atoms with Crippen molar-refractivity contribution >= 4 is 51.4 Å². The first-order valence-electron chi connectivity index (χ1n) is 14.8. The predicted octanol–water partition coefficient (Wildman–Crippen LogP) is 8.20. The number of hydrogen-bond acceptors (Lipinski definition) is 1. The van der Waals surface area contributed by atoms with Crippen LogP contribution in [-0.2, 0) is 5.41 Å². The van der Waals surface area contributed by atoms with E-state index in [4.69, 9.17) is 0 Å². The first kappa shape index (κ1) is 23.7. The van der Waals surface area contributed by atoms with Crippen molar-refractivity contribution in [1.29, 1.82) is 0 Å². The van der Waals surface area contributed by atoms with E-state index in [0.717, 1.165) is 18.7 Å². The summed E-state index contributed by atoms with van der Waals surface area (Å²) < 4.78 is 2.55. The van der Waals surface area contributed by atoms with E-state index in [-0.39, 0.29) is 5.41 Å². The molecular weight excluding hydrogens is 507 g/mol. The van der Waals surface area contributed by atoms with E-state index < -0.39 is 0 Å². The van der Waals surface area contributed by atoms with Gasteiger partial charge in [-0.2, -0.15) is 0 Å². The largest absolute Gasteiger partial charge is 0.355 e. The third kappa shape index (κ3) is 3.11. The highest BCUT2D eigenvalue weighted by atomic mass is 15.0. The second-order valence-electron chi connectivity index (χ2n) is 12.2. The minimum absolute atomic E-state index is 0.0303. The number of nitrogens with zero attached hydrogens (tertiary/aromatic N) is 1. The molecule has 0 bridgehead atoms. The number of aromatic nitrogens is 1. The number of hydrogen-bond donors (Lipinski definition) is 1. The summed E-state index contributed by atoms with van der Waals surface area (Å²) in [6.07, 6.45) is 0. The van der Waals surface area contributed by atoms with Crippen LogP contribution in [0.5, 0.6) is 0 Å². The molecule has 3 heteroatoms. The Morgan fingerprint density at radius 2 is 1.36 bits per heavy atom. The Hall–Kier alpha value is -5.02. The molecule has 42 heavy (non-hydrogen) atoms. The minimum Gasteiger partial charge on any atom is -0.355 e. The Kier molecular flexibility index (Phi) is 4.79. The normalized spacial score (nSPS) is 13.9. The van der Waals surface area contributed by atoms with Crippen molar-refractivity contribution in [2.24, 2.45) is 0 Å². The number of para-hydroxylation sites is 3. The molecular formula is C39H29BN2. The van der Waals surface area contributed by atoms with Gasteiger partial charge < -0.3 is 9.88 Å². The monoisotopic (exact) mass is 536 g/mol. The maximum absolute atomic E-state index is 3.70. The molecule has 7 aromatic rings. The van der Waals surface area contributed by atoms with Gasteiger partial charge in [0.05, 0.1) is 5.52 Å². The number of anilines is 2. The van der Waals surface area contributed by atoms with Gasteiger partial charge in [-0.3, -0.25) is 0 Å². The Morgan fingerprint density at radius 1 is 0.619 bits per heavy atom. The Labute approximate surface area is 246 Å². The summed E-state index contributed by atoms with van der Waals surface area (Å²) in [6, 6.07) is 46.6. The van der Waals surface area contributed by atoms with E-state index in [1.165, 1.54) is 71.8 Å². The fourth-order valence-electron chi connectivity index (χ4n) is 7.71. The summed E-state index contributed by atoms with van der Waals surface area (Å²) in [6.45, 7) is 4.74.